The van der Waals surface area contributed by atoms with Crippen LogP contribution in [0.15, 0.2) is 53.1 Å². The molecule has 0 atom stereocenters. The molecule has 26 heavy (non-hydrogen) atoms. The molecule has 2 aromatic carbocycles. The highest BCUT2D eigenvalue weighted by Gasteiger charge is 2.16. The first-order valence-electron chi connectivity index (χ1n) is 7.87. The number of nitrogens with one attached hydrogen (secondary N) is 1. The van der Waals surface area contributed by atoms with Crippen LogP contribution >= 0.6 is 15.9 Å². The summed E-state index contributed by atoms with van der Waals surface area (Å²) in [5.41, 5.74) is 2.71. The molecule has 6 nitrogen and oxygen atoms in total. The molecule has 1 aromatic heterocycles. The fraction of sp³-hybridized carbons (Fsp3) is 0.158. The van der Waals surface area contributed by atoms with Crippen molar-refractivity contribution in [2.45, 2.75) is 6.92 Å². The summed E-state index contributed by atoms with van der Waals surface area (Å²) >= 11 is 3.41. The van der Waals surface area contributed by atoms with Crippen LogP contribution in [-0.4, -0.2) is 29.9 Å². The van der Waals surface area contributed by atoms with Gasteiger partial charge in [0.2, 0.25) is 0 Å². The molecule has 1 amide bonds. The van der Waals surface area contributed by atoms with Crippen LogP contribution in [0, 0.1) is 6.92 Å². The van der Waals surface area contributed by atoms with Crippen LogP contribution in [0.4, 0.5) is 5.69 Å². The lowest BCUT2D eigenvalue weighted by atomic mass is 10.2. The number of anilines is 1. The van der Waals surface area contributed by atoms with Gasteiger partial charge in [0.15, 0.2) is 0 Å². The summed E-state index contributed by atoms with van der Waals surface area (Å²) in [4.78, 5) is 12.7. The number of rotatable bonds is 5. The summed E-state index contributed by atoms with van der Waals surface area (Å²) in [6.07, 6.45) is 1.56. The summed E-state index contributed by atoms with van der Waals surface area (Å²) in [5, 5.41) is 7.20. The van der Waals surface area contributed by atoms with Crippen LogP contribution in [0.25, 0.3) is 5.69 Å². The zero-order valence-corrected chi connectivity index (χ0v) is 16.2. The van der Waals surface area contributed by atoms with E-state index < -0.39 is 0 Å². The Balaban J connectivity index is 1.86. The molecule has 0 bridgehead atoms. The van der Waals surface area contributed by atoms with Crippen molar-refractivity contribution in [3.05, 3.63) is 64.4 Å². The fourth-order valence-corrected chi connectivity index (χ4v) is 2.82. The number of benzene rings is 2. The average molecular weight is 416 g/mol. The van der Waals surface area contributed by atoms with Crippen LogP contribution in [0.5, 0.6) is 11.5 Å². The van der Waals surface area contributed by atoms with E-state index in [-0.39, 0.29) is 5.91 Å². The predicted octanol–water partition coefficient (Wildman–Crippen LogP) is 4.21. The van der Waals surface area contributed by atoms with E-state index in [1.165, 1.54) is 0 Å². The summed E-state index contributed by atoms with van der Waals surface area (Å²) < 4.78 is 13.2. The van der Waals surface area contributed by atoms with Gasteiger partial charge in [0.25, 0.3) is 5.91 Å². The molecule has 1 N–H and O–H groups in total. The molecule has 134 valence electrons. The Morgan fingerprint density at radius 2 is 1.69 bits per heavy atom. The topological polar surface area (TPSA) is 65.4 Å². The van der Waals surface area contributed by atoms with Crippen molar-refractivity contribution >= 4 is 27.5 Å². The zero-order chi connectivity index (χ0) is 18.7. The molecule has 0 aliphatic carbocycles. The highest BCUT2D eigenvalue weighted by Crippen LogP contribution is 2.26. The maximum absolute atomic E-state index is 12.7. The monoisotopic (exact) mass is 415 g/mol. The van der Waals surface area contributed by atoms with E-state index in [0.29, 0.717) is 22.7 Å². The second kappa shape index (κ2) is 7.61. The Morgan fingerprint density at radius 3 is 2.27 bits per heavy atom. The molecular weight excluding hydrogens is 398 g/mol. The van der Waals surface area contributed by atoms with Gasteiger partial charge in [-0.1, -0.05) is 15.9 Å². The summed E-state index contributed by atoms with van der Waals surface area (Å²) in [7, 11) is 3.12. The van der Waals surface area contributed by atoms with Gasteiger partial charge in [-0.25, -0.2) is 4.68 Å². The first-order chi connectivity index (χ1) is 12.5. The number of nitrogens with zero attached hydrogens (tertiary/aromatic N) is 2. The van der Waals surface area contributed by atoms with Crippen LogP contribution < -0.4 is 14.8 Å². The van der Waals surface area contributed by atoms with Crippen molar-refractivity contribution in [1.82, 2.24) is 9.78 Å². The van der Waals surface area contributed by atoms with Gasteiger partial charge in [0, 0.05) is 28.4 Å². The molecule has 0 aliphatic heterocycles. The molecule has 0 fully saturated rings. The third-order valence-corrected chi connectivity index (χ3v) is 4.46. The van der Waals surface area contributed by atoms with Crippen LogP contribution in [0.2, 0.25) is 0 Å². The minimum absolute atomic E-state index is 0.249. The van der Waals surface area contributed by atoms with Gasteiger partial charge in [-0.05, 0) is 31.2 Å². The number of ether oxygens (including phenoxy) is 2. The highest BCUT2D eigenvalue weighted by atomic mass is 79.9. The Kier molecular flexibility index (Phi) is 5.27. The van der Waals surface area contributed by atoms with Gasteiger partial charge in [-0.15, -0.1) is 0 Å². The molecule has 7 heteroatoms. The fourth-order valence-electron chi connectivity index (χ4n) is 2.55. The number of methoxy groups -OCH3 is 2. The van der Waals surface area contributed by atoms with Gasteiger partial charge in [-0.3, -0.25) is 4.79 Å². The molecule has 3 aromatic rings. The normalized spacial score (nSPS) is 10.5. The number of carbonyl (C=O) groups excluding carboxylic acids is 1. The van der Waals surface area contributed by atoms with E-state index in [0.717, 1.165) is 15.9 Å². The molecular formula is C19H18BrN3O3. The van der Waals surface area contributed by atoms with Gasteiger partial charge in [0.1, 0.15) is 11.5 Å². The molecule has 1 heterocycles. The van der Waals surface area contributed by atoms with E-state index >= 15 is 0 Å². The van der Waals surface area contributed by atoms with Gasteiger partial charge in [0.05, 0.1) is 37.4 Å². The average Bonchev–Trinajstić information content (AvgIpc) is 3.03. The molecule has 3 rings (SSSR count). The SMILES string of the molecule is COc1cc(NC(=O)c2cnn(-c3ccc(Br)cc3)c2C)cc(OC)c1. The second-order valence-corrected chi connectivity index (χ2v) is 6.50. The Labute approximate surface area is 159 Å². The predicted molar refractivity (Wildman–Crippen MR) is 104 cm³/mol. The lowest BCUT2D eigenvalue weighted by Gasteiger charge is -2.10. The van der Waals surface area contributed by atoms with Crippen molar-refractivity contribution < 1.29 is 14.3 Å². The zero-order valence-electron chi connectivity index (χ0n) is 14.6. The smallest absolute Gasteiger partial charge is 0.259 e. The molecule has 0 aliphatic rings. The van der Waals surface area contributed by atoms with Gasteiger partial charge in [-0.2, -0.15) is 5.10 Å². The minimum atomic E-state index is -0.249. The number of halogens is 1. The number of hydrogen-bond donors (Lipinski definition) is 1. The molecule has 0 spiro atoms. The first kappa shape index (κ1) is 18.0. The number of hydrogen-bond acceptors (Lipinski definition) is 4. The lowest BCUT2D eigenvalue weighted by Crippen LogP contribution is -2.13. The Morgan fingerprint density at radius 1 is 1.08 bits per heavy atom. The largest absolute Gasteiger partial charge is 0.497 e. The third kappa shape index (κ3) is 3.72. The highest BCUT2D eigenvalue weighted by molar-refractivity contribution is 9.10. The van der Waals surface area contributed by atoms with Gasteiger partial charge < -0.3 is 14.8 Å². The maximum Gasteiger partial charge on any atom is 0.259 e. The van der Waals surface area contributed by atoms with E-state index in [1.807, 2.05) is 31.2 Å². The van der Waals surface area contributed by atoms with Crippen LogP contribution in [0.3, 0.4) is 0 Å². The summed E-state index contributed by atoms with van der Waals surface area (Å²) in [5.74, 6) is 0.949. The summed E-state index contributed by atoms with van der Waals surface area (Å²) in [6, 6.07) is 12.9. The van der Waals surface area contributed by atoms with E-state index in [2.05, 4.69) is 26.3 Å². The maximum atomic E-state index is 12.7. The Bertz CT molecular complexity index is 913. The standard InChI is InChI=1S/C19H18BrN3O3/c1-12-18(11-21-23(12)15-6-4-13(20)5-7-15)19(24)22-14-8-16(25-2)10-17(9-14)26-3/h4-11H,1-3H3,(H,22,24). The number of amides is 1. The number of carbonyl (C=O) groups is 1. The van der Waals surface area contributed by atoms with Crippen molar-refractivity contribution in [2.75, 3.05) is 19.5 Å². The van der Waals surface area contributed by atoms with Crippen molar-refractivity contribution in [3.8, 4) is 17.2 Å². The number of aromatic nitrogens is 2. The van der Waals surface area contributed by atoms with Crippen LogP contribution in [-0.2, 0) is 0 Å². The third-order valence-electron chi connectivity index (χ3n) is 3.93. The molecule has 0 radical (unpaired) electrons. The Hall–Kier alpha value is -2.80. The lowest BCUT2D eigenvalue weighted by molar-refractivity contribution is 0.102. The van der Waals surface area contributed by atoms with Gasteiger partial charge >= 0.3 is 0 Å². The molecule has 0 unspecified atom stereocenters. The van der Waals surface area contributed by atoms with E-state index in [4.69, 9.17) is 9.47 Å². The summed E-state index contributed by atoms with van der Waals surface area (Å²) in [6.45, 7) is 1.86. The molecule has 0 saturated carbocycles. The quantitative estimate of drug-likeness (QED) is 0.677. The van der Waals surface area contributed by atoms with Crippen LogP contribution in [0.1, 0.15) is 16.1 Å². The molecule has 0 saturated heterocycles. The van der Waals surface area contributed by atoms with Crippen molar-refractivity contribution in [2.24, 2.45) is 0 Å². The second-order valence-electron chi connectivity index (χ2n) is 5.59. The van der Waals surface area contributed by atoms with E-state index in [9.17, 15) is 4.79 Å². The minimum Gasteiger partial charge on any atom is -0.497 e. The van der Waals surface area contributed by atoms with Crippen molar-refractivity contribution in [3.63, 3.8) is 0 Å². The van der Waals surface area contributed by atoms with Crippen molar-refractivity contribution in [1.29, 1.82) is 0 Å². The van der Waals surface area contributed by atoms with E-state index in [1.54, 1.807) is 43.3 Å². The first-order valence-corrected chi connectivity index (χ1v) is 8.66.